The van der Waals surface area contributed by atoms with Crippen LogP contribution in [0, 0.1) is 34.5 Å². The number of hydrogen-bond acceptors (Lipinski definition) is 7. The van der Waals surface area contributed by atoms with Crippen LogP contribution in [0.1, 0.15) is 105 Å². The average Bonchev–Trinajstić information content (AvgIpc) is 3.57. The Kier molecular flexibility index (Phi) is 9.57. The predicted octanol–water partition coefficient (Wildman–Crippen LogP) is 2.32. The van der Waals surface area contributed by atoms with E-state index in [0.717, 1.165) is 69.2 Å². The fourth-order valence-electron chi connectivity index (χ4n) is 12.4. The van der Waals surface area contributed by atoms with Crippen LogP contribution in [0.3, 0.4) is 0 Å². The van der Waals surface area contributed by atoms with E-state index in [1.165, 1.54) is 38.5 Å². The zero-order chi connectivity index (χ0) is 30.9. The summed E-state index contributed by atoms with van der Waals surface area (Å²) in [5.41, 5.74) is 0.268. The number of likely N-dealkylation sites (N-methyl/N-ethyl adjacent to an activating group) is 1. The van der Waals surface area contributed by atoms with E-state index in [0.29, 0.717) is 49.0 Å². The maximum absolute atomic E-state index is 12.7. The van der Waals surface area contributed by atoms with Gasteiger partial charge in [0.15, 0.2) is 11.9 Å². The number of likely N-dealkylation sites (tertiary alicyclic amines) is 2. The van der Waals surface area contributed by atoms with Crippen LogP contribution in [0.25, 0.3) is 0 Å². The highest BCUT2D eigenvalue weighted by Gasteiger charge is 2.68. The lowest BCUT2D eigenvalue weighted by Crippen LogP contribution is -3.00. The van der Waals surface area contributed by atoms with E-state index in [-0.39, 0.29) is 52.0 Å². The Morgan fingerprint density at radius 3 is 2.13 bits per heavy atom. The van der Waals surface area contributed by atoms with E-state index in [1.807, 2.05) is 0 Å². The van der Waals surface area contributed by atoms with Gasteiger partial charge in [-0.1, -0.05) is 20.3 Å². The molecule has 0 aromatic rings. The lowest BCUT2D eigenvalue weighted by atomic mass is 9.44. The Hall–Kier alpha value is -0.740. The second kappa shape index (κ2) is 12.6. The van der Waals surface area contributed by atoms with Gasteiger partial charge in [0.1, 0.15) is 12.1 Å². The first-order valence-electron chi connectivity index (χ1n) is 18.2. The smallest absolute Gasteiger partial charge is 0.303 e. The molecule has 4 unspecified atom stereocenters. The van der Waals surface area contributed by atoms with Gasteiger partial charge in [-0.15, -0.1) is 0 Å². The molecule has 8 nitrogen and oxygen atoms in total. The molecule has 0 N–H and O–H groups in total. The number of hydrogen-bond donors (Lipinski definition) is 0. The third kappa shape index (κ3) is 5.84. The van der Waals surface area contributed by atoms with Crippen molar-refractivity contribution in [2.45, 2.75) is 135 Å². The third-order valence-corrected chi connectivity index (χ3v) is 14.7. The van der Waals surface area contributed by atoms with Gasteiger partial charge in [-0.05, 0) is 93.5 Å². The van der Waals surface area contributed by atoms with Crippen LogP contribution in [0.15, 0.2) is 0 Å². The molecule has 7 rings (SSSR count). The zero-order valence-corrected chi connectivity index (χ0v) is 30.2. The van der Waals surface area contributed by atoms with Crippen molar-refractivity contribution < 1.29 is 50.0 Å². The molecular weight excluding hydrogens is 636 g/mol. The lowest BCUT2D eigenvalue weighted by Gasteiger charge is -2.62. The highest BCUT2D eigenvalue weighted by Crippen LogP contribution is 2.68. The first-order chi connectivity index (χ1) is 21.0. The van der Waals surface area contributed by atoms with Gasteiger partial charge in [-0.25, -0.2) is 0 Å². The van der Waals surface area contributed by atoms with Gasteiger partial charge in [0.25, 0.3) is 0 Å². The molecule has 7 fully saturated rings. The van der Waals surface area contributed by atoms with Crippen molar-refractivity contribution in [1.29, 1.82) is 0 Å². The topological polar surface area (TPSA) is 74.3 Å². The number of carbonyl (C=O) groups is 2. The number of halogens is 1. The van der Waals surface area contributed by atoms with Crippen LogP contribution < -0.4 is 17.0 Å². The zero-order valence-electron chi connectivity index (χ0n) is 28.6. The van der Waals surface area contributed by atoms with Crippen LogP contribution in [0.5, 0.6) is 0 Å². The number of carbonyl (C=O) groups excluding carboxylic acids is 2. The molecule has 7 aliphatic rings. The first-order valence-corrected chi connectivity index (χ1v) is 18.2. The summed E-state index contributed by atoms with van der Waals surface area (Å²) in [6.07, 6.45) is 13.8. The van der Waals surface area contributed by atoms with Gasteiger partial charge in [-0.2, -0.15) is 0 Å². The molecule has 4 aliphatic carbocycles. The molecule has 256 valence electrons. The number of piperidine rings is 2. The summed E-state index contributed by atoms with van der Waals surface area (Å²) in [7, 11) is 2.42. The van der Waals surface area contributed by atoms with Crippen LogP contribution >= 0.6 is 0 Å². The molecular formula is C36H59BrN2O6. The SMILES string of the molecule is CC(=O)O[C@H]1CC2CCC3C(CC[C@@]4(C)C3C[C@H]([N+]3(C)CCC5(CC3)OCCO5)[C@@H]4OC(C)=O)[C@@]2(C)C[C@@H]1N1CCCCC1.[Br-]. The summed E-state index contributed by atoms with van der Waals surface area (Å²) in [4.78, 5) is 27.6. The summed E-state index contributed by atoms with van der Waals surface area (Å²) in [5.74, 6) is 1.87. The molecule has 45 heavy (non-hydrogen) atoms. The highest BCUT2D eigenvalue weighted by atomic mass is 79.9. The van der Waals surface area contributed by atoms with Gasteiger partial charge < -0.3 is 40.4 Å². The molecule has 4 saturated carbocycles. The average molecular weight is 696 g/mol. The monoisotopic (exact) mass is 694 g/mol. The minimum Gasteiger partial charge on any atom is -1.00 e. The summed E-state index contributed by atoms with van der Waals surface area (Å²) in [5, 5.41) is 0. The molecule has 0 amide bonds. The molecule has 0 bridgehead atoms. The van der Waals surface area contributed by atoms with Crippen molar-refractivity contribution in [3.05, 3.63) is 0 Å². The molecule has 0 aromatic carbocycles. The Bertz CT molecular complexity index is 1100. The standard InChI is InChI=1S/C36H59N2O6.BrH/c1-24(39)43-32-21-26-9-10-27-28(35(26,4)23-30(32)37-15-7-6-8-16-37)11-12-34(3)29(27)22-31(33(34)44-25(2)40)38(5)17-13-36(14-18-38)41-19-20-42-36;/h26-33H,6-23H2,1-5H3;1H/q+1;/p-1/t26?,27?,28?,29?,30-,31-,32-,33-,34-,35-;/m0./s1. The molecule has 10 atom stereocenters. The maximum atomic E-state index is 12.7. The van der Waals surface area contributed by atoms with E-state index in [9.17, 15) is 9.59 Å². The van der Waals surface area contributed by atoms with Crippen molar-refractivity contribution >= 4 is 11.9 Å². The number of nitrogens with zero attached hydrogens (tertiary/aromatic N) is 2. The van der Waals surface area contributed by atoms with E-state index >= 15 is 0 Å². The predicted molar refractivity (Wildman–Crippen MR) is 166 cm³/mol. The Balaban J connectivity index is 0.00000357. The van der Waals surface area contributed by atoms with Crippen LogP contribution in [-0.2, 0) is 28.5 Å². The number of rotatable bonds is 4. The summed E-state index contributed by atoms with van der Waals surface area (Å²) >= 11 is 0. The van der Waals surface area contributed by atoms with E-state index < -0.39 is 5.79 Å². The molecule has 1 spiro atoms. The van der Waals surface area contributed by atoms with Crippen LogP contribution in [0.2, 0.25) is 0 Å². The van der Waals surface area contributed by atoms with Gasteiger partial charge in [0, 0.05) is 31.7 Å². The van der Waals surface area contributed by atoms with E-state index in [4.69, 9.17) is 18.9 Å². The quantitative estimate of drug-likeness (QED) is 0.331. The van der Waals surface area contributed by atoms with Crippen molar-refractivity contribution in [2.75, 3.05) is 46.4 Å². The summed E-state index contributed by atoms with van der Waals surface area (Å²) in [6.45, 7) is 14.0. The Morgan fingerprint density at radius 1 is 0.822 bits per heavy atom. The minimum absolute atomic E-state index is 0. The van der Waals surface area contributed by atoms with Crippen molar-refractivity contribution in [3.63, 3.8) is 0 Å². The normalized spacial score (nSPS) is 45.4. The Morgan fingerprint density at radius 2 is 1.49 bits per heavy atom. The molecule has 0 radical (unpaired) electrons. The van der Waals surface area contributed by atoms with E-state index in [2.05, 4.69) is 25.8 Å². The van der Waals surface area contributed by atoms with Gasteiger partial charge in [0.2, 0.25) is 0 Å². The fourth-order valence-corrected chi connectivity index (χ4v) is 12.4. The lowest BCUT2D eigenvalue weighted by molar-refractivity contribution is -0.943. The van der Waals surface area contributed by atoms with Crippen LogP contribution in [0.4, 0.5) is 0 Å². The van der Waals surface area contributed by atoms with Gasteiger partial charge in [0.05, 0.1) is 46.2 Å². The summed E-state index contributed by atoms with van der Waals surface area (Å²) < 4.78 is 25.7. The van der Waals surface area contributed by atoms with Crippen molar-refractivity contribution in [2.24, 2.45) is 34.5 Å². The van der Waals surface area contributed by atoms with E-state index in [1.54, 1.807) is 13.8 Å². The van der Waals surface area contributed by atoms with Crippen LogP contribution in [-0.4, -0.2) is 97.8 Å². The largest absolute Gasteiger partial charge is 1.00 e. The van der Waals surface area contributed by atoms with Gasteiger partial charge in [-0.3, -0.25) is 14.5 Å². The van der Waals surface area contributed by atoms with Crippen molar-refractivity contribution in [3.8, 4) is 0 Å². The molecule has 3 aliphatic heterocycles. The van der Waals surface area contributed by atoms with Crippen molar-refractivity contribution in [1.82, 2.24) is 4.90 Å². The minimum atomic E-state index is -0.391. The molecule has 3 heterocycles. The van der Waals surface area contributed by atoms with Gasteiger partial charge >= 0.3 is 11.9 Å². The second-order valence-corrected chi connectivity index (χ2v) is 16.8. The molecule has 3 saturated heterocycles. The fraction of sp³-hybridized carbons (Fsp3) is 0.944. The number of quaternary nitrogens is 1. The Labute approximate surface area is 281 Å². The number of esters is 2. The highest BCUT2D eigenvalue weighted by molar-refractivity contribution is 5.66. The first kappa shape index (κ1) is 34.1. The molecule has 0 aromatic heterocycles. The molecule has 9 heteroatoms. The maximum Gasteiger partial charge on any atom is 0.303 e. The number of fused-ring (bicyclic) bond motifs is 5. The third-order valence-electron chi connectivity index (χ3n) is 14.7. The summed E-state index contributed by atoms with van der Waals surface area (Å²) in [6, 6.07) is 0.653. The second-order valence-electron chi connectivity index (χ2n) is 16.8. The number of ether oxygens (including phenoxy) is 4.